The van der Waals surface area contributed by atoms with Gasteiger partial charge in [-0.25, -0.2) is 0 Å². The van der Waals surface area contributed by atoms with Gasteiger partial charge in [0.1, 0.15) is 6.54 Å². The monoisotopic (exact) mass is 386 g/mol. The van der Waals surface area contributed by atoms with Crippen LogP contribution in [0.3, 0.4) is 0 Å². The zero-order chi connectivity index (χ0) is 18.9. The number of carbonyl (C=O) groups is 4. The van der Waals surface area contributed by atoms with Gasteiger partial charge in [0.05, 0.1) is 21.2 Å². The van der Waals surface area contributed by atoms with Crippen LogP contribution in [0.15, 0.2) is 12.1 Å². The molecule has 0 radical (unpaired) electrons. The van der Waals surface area contributed by atoms with Gasteiger partial charge in [0.15, 0.2) is 6.61 Å². The van der Waals surface area contributed by atoms with Gasteiger partial charge in [0.25, 0.3) is 17.7 Å². The number of hydrogen-bond acceptors (Lipinski definition) is 5. The third-order valence-electron chi connectivity index (χ3n) is 3.18. The van der Waals surface area contributed by atoms with Crippen molar-refractivity contribution in [3.8, 4) is 0 Å². The van der Waals surface area contributed by atoms with Gasteiger partial charge in [-0.2, -0.15) is 0 Å². The Morgan fingerprint density at radius 3 is 2.00 bits per heavy atom. The third-order valence-corrected chi connectivity index (χ3v) is 3.90. The number of fused-ring (bicyclic) bond motifs is 1. The van der Waals surface area contributed by atoms with Crippen LogP contribution in [0.2, 0.25) is 10.0 Å². The van der Waals surface area contributed by atoms with E-state index in [0.29, 0.717) is 0 Å². The lowest BCUT2D eigenvalue weighted by molar-refractivity contribution is -0.149. The molecule has 1 aromatic carbocycles. The summed E-state index contributed by atoms with van der Waals surface area (Å²) in [7, 11) is 0. The van der Waals surface area contributed by atoms with Gasteiger partial charge in [-0.05, 0) is 32.9 Å². The highest BCUT2D eigenvalue weighted by molar-refractivity contribution is 6.43. The number of amides is 3. The minimum Gasteiger partial charge on any atom is -0.454 e. The molecular weight excluding hydrogens is 371 g/mol. The van der Waals surface area contributed by atoms with Gasteiger partial charge in [-0.3, -0.25) is 24.1 Å². The van der Waals surface area contributed by atoms with Crippen molar-refractivity contribution < 1.29 is 23.9 Å². The molecule has 134 valence electrons. The molecule has 0 aromatic heterocycles. The number of ether oxygens (including phenoxy) is 1. The van der Waals surface area contributed by atoms with Crippen molar-refractivity contribution in [2.75, 3.05) is 13.2 Å². The van der Waals surface area contributed by atoms with E-state index in [1.807, 2.05) is 0 Å². The number of rotatable bonds is 4. The molecule has 1 N–H and O–H groups in total. The zero-order valence-electron chi connectivity index (χ0n) is 13.8. The number of nitrogens with zero attached hydrogens (tertiary/aromatic N) is 1. The maximum atomic E-state index is 12.2. The second-order valence-corrected chi connectivity index (χ2v) is 7.28. The predicted molar refractivity (Wildman–Crippen MR) is 90.7 cm³/mol. The summed E-state index contributed by atoms with van der Waals surface area (Å²) in [5, 5.41) is 2.88. The fourth-order valence-corrected chi connectivity index (χ4v) is 2.53. The van der Waals surface area contributed by atoms with Gasteiger partial charge >= 0.3 is 5.97 Å². The highest BCUT2D eigenvalue weighted by Crippen LogP contribution is 2.31. The first-order valence-corrected chi connectivity index (χ1v) is 8.07. The molecule has 0 saturated carbocycles. The summed E-state index contributed by atoms with van der Waals surface area (Å²) in [6.45, 7) is 4.23. The van der Waals surface area contributed by atoms with E-state index in [4.69, 9.17) is 27.9 Å². The molecule has 1 aliphatic rings. The standard InChI is InChI=1S/C16H16Cl2N2O5/c1-16(2,3)19-12(21)7-25-13(22)6-20-14(23)8-4-10(17)11(18)5-9(8)15(20)24/h4-5H,6-7H2,1-3H3,(H,19,21). The number of benzene rings is 1. The van der Waals surface area contributed by atoms with Crippen LogP contribution < -0.4 is 5.32 Å². The largest absolute Gasteiger partial charge is 0.454 e. The van der Waals surface area contributed by atoms with Crippen molar-refractivity contribution >= 4 is 46.9 Å². The molecule has 0 unspecified atom stereocenters. The van der Waals surface area contributed by atoms with Gasteiger partial charge in [-0.15, -0.1) is 0 Å². The van der Waals surface area contributed by atoms with Crippen LogP contribution in [0.25, 0.3) is 0 Å². The molecule has 0 aliphatic carbocycles. The Kier molecular flexibility index (Phi) is 5.39. The first-order chi connectivity index (χ1) is 11.5. The predicted octanol–water partition coefficient (Wildman–Crippen LogP) is 2.05. The number of halogens is 2. The number of nitrogens with one attached hydrogen (secondary N) is 1. The Hall–Kier alpha value is -2.12. The minimum atomic E-state index is -0.879. The molecule has 0 atom stereocenters. The smallest absolute Gasteiger partial charge is 0.326 e. The summed E-state index contributed by atoms with van der Waals surface area (Å²) in [4.78, 5) is 48.7. The summed E-state index contributed by atoms with van der Waals surface area (Å²) in [5.74, 6) is -2.71. The Morgan fingerprint density at radius 2 is 1.56 bits per heavy atom. The molecule has 9 heteroatoms. The van der Waals surface area contributed by atoms with E-state index in [9.17, 15) is 19.2 Å². The minimum absolute atomic E-state index is 0.0673. The summed E-state index contributed by atoms with van der Waals surface area (Å²) in [6.07, 6.45) is 0. The Labute approximate surface area is 154 Å². The highest BCUT2D eigenvalue weighted by Gasteiger charge is 2.37. The summed E-state index contributed by atoms with van der Waals surface area (Å²) in [5.41, 5.74) is -0.333. The lowest BCUT2D eigenvalue weighted by Gasteiger charge is -2.20. The molecule has 0 fully saturated rings. The molecule has 7 nitrogen and oxygen atoms in total. The molecule has 2 rings (SSSR count). The second-order valence-electron chi connectivity index (χ2n) is 6.47. The van der Waals surface area contributed by atoms with Crippen LogP contribution in [0.1, 0.15) is 41.5 Å². The van der Waals surface area contributed by atoms with E-state index >= 15 is 0 Å². The number of hydrogen-bond donors (Lipinski definition) is 1. The van der Waals surface area contributed by atoms with Crippen LogP contribution in [-0.2, 0) is 14.3 Å². The zero-order valence-corrected chi connectivity index (χ0v) is 15.3. The second kappa shape index (κ2) is 7.01. The van der Waals surface area contributed by atoms with Gasteiger partial charge < -0.3 is 10.1 Å². The number of carbonyl (C=O) groups excluding carboxylic acids is 4. The van der Waals surface area contributed by atoms with Gasteiger partial charge in [0, 0.05) is 5.54 Å². The van der Waals surface area contributed by atoms with Crippen molar-refractivity contribution in [2.24, 2.45) is 0 Å². The Balaban J connectivity index is 1.99. The Morgan fingerprint density at radius 1 is 1.08 bits per heavy atom. The number of imide groups is 1. The van der Waals surface area contributed by atoms with Crippen LogP contribution in [-0.4, -0.2) is 47.3 Å². The van der Waals surface area contributed by atoms with Crippen molar-refractivity contribution in [2.45, 2.75) is 26.3 Å². The van der Waals surface area contributed by atoms with E-state index in [0.717, 1.165) is 4.90 Å². The molecule has 1 aliphatic heterocycles. The summed E-state index contributed by atoms with van der Waals surface area (Å²) >= 11 is 11.7. The quantitative estimate of drug-likeness (QED) is 0.631. The molecule has 3 amide bonds. The number of esters is 1. The molecule has 0 saturated heterocycles. The van der Waals surface area contributed by atoms with E-state index in [2.05, 4.69) is 5.32 Å². The first kappa shape index (κ1) is 19.2. The van der Waals surface area contributed by atoms with Crippen LogP contribution in [0.4, 0.5) is 0 Å². The maximum Gasteiger partial charge on any atom is 0.326 e. The molecular formula is C16H16Cl2N2O5. The van der Waals surface area contributed by atoms with Crippen molar-refractivity contribution in [3.05, 3.63) is 33.3 Å². The SMILES string of the molecule is CC(C)(C)NC(=O)COC(=O)CN1C(=O)c2cc(Cl)c(Cl)cc2C1=O. The van der Waals surface area contributed by atoms with Crippen LogP contribution >= 0.6 is 23.2 Å². The molecule has 1 aromatic rings. The normalized spacial score (nSPS) is 13.7. The molecule has 1 heterocycles. The average Bonchev–Trinajstić information content (AvgIpc) is 2.69. The van der Waals surface area contributed by atoms with E-state index < -0.39 is 42.4 Å². The fourth-order valence-electron chi connectivity index (χ4n) is 2.20. The lowest BCUT2D eigenvalue weighted by atomic mass is 10.1. The summed E-state index contributed by atoms with van der Waals surface area (Å²) in [6, 6.07) is 2.56. The fraction of sp³-hybridized carbons (Fsp3) is 0.375. The highest BCUT2D eigenvalue weighted by atomic mass is 35.5. The maximum absolute atomic E-state index is 12.2. The van der Waals surface area contributed by atoms with Crippen molar-refractivity contribution in [1.82, 2.24) is 10.2 Å². The van der Waals surface area contributed by atoms with Gasteiger partial charge in [-0.1, -0.05) is 23.2 Å². The van der Waals surface area contributed by atoms with Crippen LogP contribution in [0.5, 0.6) is 0 Å². The average molecular weight is 387 g/mol. The van der Waals surface area contributed by atoms with E-state index in [1.165, 1.54) is 12.1 Å². The molecule has 25 heavy (non-hydrogen) atoms. The van der Waals surface area contributed by atoms with Crippen molar-refractivity contribution in [3.63, 3.8) is 0 Å². The molecule has 0 spiro atoms. The first-order valence-electron chi connectivity index (χ1n) is 7.31. The van der Waals surface area contributed by atoms with E-state index in [-0.39, 0.29) is 21.2 Å². The van der Waals surface area contributed by atoms with E-state index in [1.54, 1.807) is 20.8 Å². The van der Waals surface area contributed by atoms with Gasteiger partial charge in [0.2, 0.25) is 0 Å². The van der Waals surface area contributed by atoms with Crippen LogP contribution in [0, 0.1) is 0 Å². The lowest BCUT2D eigenvalue weighted by Crippen LogP contribution is -2.43. The van der Waals surface area contributed by atoms with Crippen molar-refractivity contribution in [1.29, 1.82) is 0 Å². The third kappa shape index (κ3) is 4.49. The Bertz CT molecular complexity index is 730. The summed E-state index contributed by atoms with van der Waals surface area (Å²) < 4.78 is 4.81. The molecule has 0 bridgehead atoms. The topological polar surface area (TPSA) is 92.8 Å².